The van der Waals surface area contributed by atoms with E-state index in [-0.39, 0.29) is 5.69 Å². The highest BCUT2D eigenvalue weighted by Crippen LogP contribution is 2.29. The van der Waals surface area contributed by atoms with Crippen LogP contribution in [0.1, 0.15) is 5.69 Å². The zero-order valence-electron chi connectivity index (χ0n) is 6.82. The maximum absolute atomic E-state index is 12.8. The summed E-state index contributed by atoms with van der Waals surface area (Å²) in [5.74, 6) is -1.75. The quantitative estimate of drug-likeness (QED) is 0.545. The Morgan fingerprint density at radius 2 is 2.00 bits per heavy atom. The SMILES string of the molecule is Cc1nc(Cl)c(OC(F)(F)F)cc1F. The highest BCUT2D eigenvalue weighted by atomic mass is 35.5. The van der Waals surface area contributed by atoms with Crippen LogP contribution in [0.3, 0.4) is 0 Å². The predicted molar refractivity (Wildman–Crippen MR) is 40.6 cm³/mol. The zero-order chi connectivity index (χ0) is 10.9. The van der Waals surface area contributed by atoms with Crippen LogP contribution in [-0.4, -0.2) is 11.3 Å². The molecule has 1 aromatic heterocycles. The summed E-state index contributed by atoms with van der Waals surface area (Å²) >= 11 is 5.30. The highest BCUT2D eigenvalue weighted by molar-refractivity contribution is 6.30. The van der Waals surface area contributed by atoms with Gasteiger partial charge in [-0.3, -0.25) is 0 Å². The molecule has 0 aliphatic carbocycles. The van der Waals surface area contributed by atoms with Gasteiger partial charge >= 0.3 is 6.36 Å². The van der Waals surface area contributed by atoms with Gasteiger partial charge in [-0.1, -0.05) is 11.6 Å². The minimum atomic E-state index is -4.91. The van der Waals surface area contributed by atoms with Crippen molar-refractivity contribution in [2.45, 2.75) is 13.3 Å². The number of ether oxygens (including phenoxy) is 1. The van der Waals surface area contributed by atoms with Gasteiger partial charge in [0.05, 0.1) is 5.69 Å². The third-order valence-corrected chi connectivity index (χ3v) is 1.57. The van der Waals surface area contributed by atoms with Gasteiger partial charge in [0.15, 0.2) is 10.9 Å². The van der Waals surface area contributed by atoms with Crippen LogP contribution in [0.4, 0.5) is 17.6 Å². The first-order valence-corrected chi connectivity index (χ1v) is 3.76. The summed E-state index contributed by atoms with van der Waals surface area (Å²) in [6.45, 7) is 1.28. The van der Waals surface area contributed by atoms with Crippen LogP contribution in [0.2, 0.25) is 5.15 Å². The van der Waals surface area contributed by atoms with Crippen LogP contribution >= 0.6 is 11.6 Å². The molecule has 1 aromatic rings. The number of aryl methyl sites for hydroxylation is 1. The summed E-state index contributed by atoms with van der Waals surface area (Å²) in [6.07, 6.45) is -4.91. The molecule has 0 N–H and O–H groups in total. The maximum Gasteiger partial charge on any atom is 0.573 e. The molecular weight excluding hydrogens is 226 g/mol. The van der Waals surface area contributed by atoms with Gasteiger partial charge in [0.1, 0.15) is 5.82 Å². The molecule has 7 heteroatoms. The first-order chi connectivity index (χ1) is 6.29. The molecule has 0 bridgehead atoms. The number of nitrogens with zero attached hydrogens (tertiary/aromatic N) is 1. The van der Waals surface area contributed by atoms with Crippen LogP contribution in [0.5, 0.6) is 5.75 Å². The maximum atomic E-state index is 12.8. The van der Waals surface area contributed by atoms with E-state index in [9.17, 15) is 17.6 Å². The molecule has 0 unspecified atom stereocenters. The van der Waals surface area contributed by atoms with Crippen molar-refractivity contribution in [1.29, 1.82) is 0 Å². The van der Waals surface area contributed by atoms with Gasteiger partial charge in [0.2, 0.25) is 0 Å². The van der Waals surface area contributed by atoms with Crippen molar-refractivity contribution in [1.82, 2.24) is 4.98 Å². The number of rotatable bonds is 1. The molecule has 0 amide bonds. The minimum absolute atomic E-state index is 0.0930. The Bertz CT molecular complexity index is 352. The molecule has 0 radical (unpaired) electrons. The lowest BCUT2D eigenvalue weighted by Crippen LogP contribution is -2.17. The topological polar surface area (TPSA) is 22.1 Å². The molecule has 1 heterocycles. The molecule has 1 rings (SSSR count). The van der Waals surface area contributed by atoms with E-state index in [2.05, 4.69) is 9.72 Å². The Morgan fingerprint density at radius 3 is 2.50 bits per heavy atom. The van der Waals surface area contributed by atoms with E-state index in [1.165, 1.54) is 6.92 Å². The van der Waals surface area contributed by atoms with Crippen molar-refractivity contribution >= 4 is 11.6 Å². The monoisotopic (exact) mass is 229 g/mol. The number of hydrogen-bond donors (Lipinski definition) is 0. The van der Waals surface area contributed by atoms with Crippen molar-refractivity contribution in [3.05, 3.63) is 22.7 Å². The standard InChI is InChI=1S/C7H4ClF4NO/c1-3-4(9)2-5(6(8)13-3)14-7(10,11)12/h2H,1H3. The van der Waals surface area contributed by atoms with Gasteiger partial charge < -0.3 is 4.74 Å². The average Bonchev–Trinajstić information content (AvgIpc) is 1.97. The fourth-order valence-corrected chi connectivity index (χ4v) is 0.951. The second-order valence-electron chi connectivity index (χ2n) is 2.39. The number of pyridine rings is 1. The fraction of sp³-hybridized carbons (Fsp3) is 0.286. The van der Waals surface area contributed by atoms with Gasteiger partial charge in [0, 0.05) is 6.07 Å². The van der Waals surface area contributed by atoms with Crippen molar-refractivity contribution in [2.75, 3.05) is 0 Å². The molecule has 0 aromatic carbocycles. The molecule has 0 aliphatic heterocycles. The molecule has 0 fully saturated rings. The highest BCUT2D eigenvalue weighted by Gasteiger charge is 2.32. The van der Waals surface area contributed by atoms with Crippen molar-refractivity contribution < 1.29 is 22.3 Å². The van der Waals surface area contributed by atoms with Crippen LogP contribution in [0.15, 0.2) is 6.07 Å². The van der Waals surface area contributed by atoms with Gasteiger partial charge in [-0.2, -0.15) is 0 Å². The van der Waals surface area contributed by atoms with E-state index < -0.39 is 23.1 Å². The second kappa shape index (κ2) is 3.61. The number of aromatic nitrogens is 1. The van der Waals surface area contributed by atoms with Crippen LogP contribution in [0, 0.1) is 12.7 Å². The largest absolute Gasteiger partial charge is 0.573 e. The number of halogens is 5. The fourth-order valence-electron chi connectivity index (χ4n) is 0.731. The summed E-state index contributed by atoms with van der Waals surface area (Å²) in [4.78, 5) is 3.32. The Labute approximate surface area is 81.5 Å². The van der Waals surface area contributed by atoms with Gasteiger partial charge in [0.25, 0.3) is 0 Å². The Balaban J connectivity index is 3.04. The molecule has 2 nitrogen and oxygen atoms in total. The lowest BCUT2D eigenvalue weighted by molar-refractivity contribution is -0.274. The summed E-state index contributed by atoms with van der Waals surface area (Å²) in [5.41, 5.74) is -0.0930. The lowest BCUT2D eigenvalue weighted by Gasteiger charge is -2.10. The van der Waals surface area contributed by atoms with Crippen LogP contribution in [-0.2, 0) is 0 Å². The number of alkyl halides is 3. The third kappa shape index (κ3) is 2.73. The molecule has 0 saturated heterocycles. The van der Waals surface area contributed by atoms with Crippen LogP contribution < -0.4 is 4.74 Å². The van der Waals surface area contributed by atoms with Gasteiger partial charge in [-0.15, -0.1) is 13.2 Å². The summed E-state index contributed by atoms with van der Waals surface area (Å²) < 4.78 is 51.4. The predicted octanol–water partition coefficient (Wildman–Crippen LogP) is 3.08. The van der Waals surface area contributed by atoms with Crippen molar-refractivity contribution in [3.63, 3.8) is 0 Å². The first-order valence-electron chi connectivity index (χ1n) is 3.38. The van der Waals surface area contributed by atoms with Crippen LogP contribution in [0.25, 0.3) is 0 Å². The first kappa shape index (κ1) is 11.0. The molecule has 0 saturated carbocycles. The van der Waals surface area contributed by atoms with Crippen molar-refractivity contribution in [2.24, 2.45) is 0 Å². The molecule has 78 valence electrons. The second-order valence-corrected chi connectivity index (χ2v) is 2.75. The lowest BCUT2D eigenvalue weighted by atomic mass is 10.3. The van der Waals surface area contributed by atoms with Gasteiger partial charge in [-0.05, 0) is 6.92 Å². The molecule has 0 spiro atoms. The molecular formula is C7H4ClF4NO. The van der Waals surface area contributed by atoms with Crippen molar-refractivity contribution in [3.8, 4) is 5.75 Å². The summed E-state index contributed by atoms with van der Waals surface area (Å²) in [6, 6.07) is 0.540. The van der Waals surface area contributed by atoms with E-state index in [1.54, 1.807) is 0 Å². The van der Waals surface area contributed by atoms with E-state index in [1.807, 2.05) is 0 Å². The summed E-state index contributed by atoms with van der Waals surface area (Å²) in [5, 5.41) is -0.527. The van der Waals surface area contributed by atoms with Gasteiger partial charge in [-0.25, -0.2) is 9.37 Å². The number of hydrogen-bond acceptors (Lipinski definition) is 2. The Kier molecular flexibility index (Phi) is 2.84. The minimum Gasteiger partial charge on any atom is -0.402 e. The Hall–Kier alpha value is -1.04. The Morgan fingerprint density at radius 1 is 1.43 bits per heavy atom. The van der Waals surface area contributed by atoms with E-state index in [0.29, 0.717) is 6.07 Å². The third-order valence-electron chi connectivity index (χ3n) is 1.30. The zero-order valence-corrected chi connectivity index (χ0v) is 7.58. The average molecular weight is 230 g/mol. The van der Waals surface area contributed by atoms with E-state index in [0.717, 1.165) is 0 Å². The normalized spacial score (nSPS) is 11.6. The molecule has 0 atom stereocenters. The van der Waals surface area contributed by atoms with E-state index >= 15 is 0 Å². The smallest absolute Gasteiger partial charge is 0.402 e. The molecule has 14 heavy (non-hydrogen) atoms. The van der Waals surface area contributed by atoms with E-state index in [4.69, 9.17) is 11.6 Å². The summed E-state index contributed by atoms with van der Waals surface area (Å²) in [7, 11) is 0. The molecule has 0 aliphatic rings.